The lowest BCUT2D eigenvalue weighted by Gasteiger charge is -2.27. The van der Waals surface area contributed by atoms with Crippen LogP contribution in [0.5, 0.6) is 0 Å². The second-order valence-corrected chi connectivity index (χ2v) is 5.37. The highest BCUT2D eigenvalue weighted by Gasteiger charge is 2.13. The molecule has 0 saturated carbocycles. The van der Waals surface area contributed by atoms with Crippen molar-refractivity contribution in [1.29, 1.82) is 0 Å². The van der Waals surface area contributed by atoms with Crippen LogP contribution in [0.2, 0.25) is 0 Å². The van der Waals surface area contributed by atoms with E-state index in [-0.39, 0.29) is 5.91 Å². The van der Waals surface area contributed by atoms with Crippen LogP contribution in [0.3, 0.4) is 0 Å². The van der Waals surface area contributed by atoms with E-state index < -0.39 is 0 Å². The molecule has 0 bridgehead atoms. The van der Waals surface area contributed by atoms with Crippen molar-refractivity contribution < 1.29 is 4.79 Å². The summed E-state index contributed by atoms with van der Waals surface area (Å²) >= 11 is 0. The van der Waals surface area contributed by atoms with E-state index in [0.29, 0.717) is 13.0 Å². The normalized spacial score (nSPS) is 14.1. The molecule has 19 heavy (non-hydrogen) atoms. The number of hydrogen-bond acceptors (Lipinski definition) is 2. The number of carbonyl (C=O) groups is 1. The van der Waals surface area contributed by atoms with Crippen LogP contribution in [0.1, 0.15) is 43.7 Å². The molecule has 0 unspecified atom stereocenters. The highest BCUT2D eigenvalue weighted by molar-refractivity contribution is 5.75. The summed E-state index contributed by atoms with van der Waals surface area (Å²) in [5, 5.41) is 3.00. The molecule has 1 aliphatic rings. The Morgan fingerprint density at radius 1 is 1.42 bits per heavy atom. The first-order chi connectivity index (χ1) is 9.20. The van der Waals surface area contributed by atoms with Gasteiger partial charge in [-0.15, -0.1) is 0 Å². The zero-order chi connectivity index (χ0) is 13.7. The van der Waals surface area contributed by atoms with Gasteiger partial charge >= 0.3 is 0 Å². The van der Waals surface area contributed by atoms with Crippen molar-refractivity contribution in [3.63, 3.8) is 0 Å². The topological polar surface area (TPSA) is 32.3 Å². The van der Waals surface area contributed by atoms with E-state index in [4.69, 9.17) is 0 Å². The van der Waals surface area contributed by atoms with Gasteiger partial charge in [0, 0.05) is 32.2 Å². The molecule has 104 valence electrons. The molecule has 1 aliphatic heterocycles. The molecule has 2 rings (SSSR count). The van der Waals surface area contributed by atoms with Gasteiger partial charge in [-0.2, -0.15) is 0 Å². The summed E-state index contributed by atoms with van der Waals surface area (Å²) in [4.78, 5) is 13.9. The maximum atomic E-state index is 11.6. The summed E-state index contributed by atoms with van der Waals surface area (Å²) in [6.07, 6.45) is 5.05. The number of nitrogens with zero attached hydrogens (tertiary/aromatic N) is 1. The molecule has 0 atom stereocenters. The van der Waals surface area contributed by atoms with Gasteiger partial charge in [0.1, 0.15) is 0 Å². The molecule has 0 saturated heterocycles. The van der Waals surface area contributed by atoms with Gasteiger partial charge in [-0.25, -0.2) is 0 Å². The van der Waals surface area contributed by atoms with Gasteiger partial charge in [-0.1, -0.05) is 25.5 Å². The first-order valence-electron chi connectivity index (χ1n) is 7.30. The molecule has 0 fully saturated rings. The average Bonchev–Trinajstić information content (AvgIpc) is 2.43. The Bertz CT molecular complexity index is 442. The van der Waals surface area contributed by atoms with Gasteiger partial charge in [0.25, 0.3) is 0 Å². The predicted molar refractivity (Wildman–Crippen MR) is 79.4 cm³/mol. The third kappa shape index (κ3) is 3.72. The Kier molecular flexibility index (Phi) is 4.83. The molecule has 1 amide bonds. The number of amides is 1. The van der Waals surface area contributed by atoms with Crippen molar-refractivity contribution in [3.05, 3.63) is 29.3 Å². The van der Waals surface area contributed by atoms with Gasteiger partial charge < -0.3 is 10.2 Å². The van der Waals surface area contributed by atoms with Crippen LogP contribution in [0.25, 0.3) is 0 Å². The van der Waals surface area contributed by atoms with E-state index >= 15 is 0 Å². The summed E-state index contributed by atoms with van der Waals surface area (Å²) in [6, 6.07) is 6.55. The number of nitrogens with one attached hydrogen (secondary N) is 1. The lowest BCUT2D eigenvalue weighted by atomic mass is 9.99. The van der Waals surface area contributed by atoms with Crippen LogP contribution in [-0.2, 0) is 17.8 Å². The number of benzene rings is 1. The molecule has 1 N–H and O–H groups in total. The largest absolute Gasteiger partial charge is 0.374 e. The summed E-state index contributed by atoms with van der Waals surface area (Å²) in [5.41, 5.74) is 3.96. The SMILES string of the molecule is CCCCC(=O)NCc1ccc2c(c1)CCCN2C. The van der Waals surface area contributed by atoms with Crippen molar-refractivity contribution in [2.75, 3.05) is 18.5 Å². The molecule has 0 radical (unpaired) electrons. The maximum Gasteiger partial charge on any atom is 0.220 e. The van der Waals surface area contributed by atoms with Gasteiger partial charge in [0.15, 0.2) is 0 Å². The van der Waals surface area contributed by atoms with Gasteiger partial charge in [0.05, 0.1) is 0 Å². The smallest absolute Gasteiger partial charge is 0.220 e. The zero-order valence-electron chi connectivity index (χ0n) is 12.0. The third-order valence-electron chi connectivity index (χ3n) is 3.74. The Hall–Kier alpha value is -1.51. The lowest BCUT2D eigenvalue weighted by molar-refractivity contribution is -0.121. The predicted octanol–water partition coefficient (Wildman–Crippen LogP) is 2.88. The average molecular weight is 260 g/mol. The molecule has 1 aromatic carbocycles. The number of hydrogen-bond donors (Lipinski definition) is 1. The summed E-state index contributed by atoms with van der Waals surface area (Å²) in [7, 11) is 2.14. The van der Waals surface area contributed by atoms with Crippen LogP contribution in [-0.4, -0.2) is 19.5 Å². The number of aryl methyl sites for hydroxylation is 1. The van der Waals surface area contributed by atoms with Crippen LogP contribution < -0.4 is 10.2 Å². The van der Waals surface area contributed by atoms with E-state index in [2.05, 4.69) is 42.4 Å². The minimum atomic E-state index is 0.164. The summed E-state index contributed by atoms with van der Waals surface area (Å²) in [5.74, 6) is 0.164. The highest BCUT2D eigenvalue weighted by Crippen LogP contribution is 2.26. The zero-order valence-corrected chi connectivity index (χ0v) is 12.0. The minimum absolute atomic E-state index is 0.164. The quantitative estimate of drug-likeness (QED) is 0.883. The van der Waals surface area contributed by atoms with Gasteiger partial charge in [0.2, 0.25) is 5.91 Å². The fourth-order valence-electron chi connectivity index (χ4n) is 2.57. The van der Waals surface area contributed by atoms with Crippen LogP contribution in [0.4, 0.5) is 5.69 Å². The van der Waals surface area contributed by atoms with Crippen molar-refractivity contribution in [2.45, 2.75) is 45.6 Å². The highest BCUT2D eigenvalue weighted by atomic mass is 16.1. The van der Waals surface area contributed by atoms with Gasteiger partial charge in [-0.3, -0.25) is 4.79 Å². The molecule has 3 heteroatoms. The van der Waals surface area contributed by atoms with Crippen molar-refractivity contribution >= 4 is 11.6 Å². The van der Waals surface area contributed by atoms with E-state index in [0.717, 1.165) is 25.8 Å². The minimum Gasteiger partial charge on any atom is -0.374 e. The van der Waals surface area contributed by atoms with Crippen LogP contribution in [0, 0.1) is 0 Å². The van der Waals surface area contributed by atoms with Crippen molar-refractivity contribution in [1.82, 2.24) is 5.32 Å². The Morgan fingerprint density at radius 2 is 2.26 bits per heavy atom. The Morgan fingerprint density at radius 3 is 3.05 bits per heavy atom. The van der Waals surface area contributed by atoms with E-state index in [1.807, 2.05) is 0 Å². The monoisotopic (exact) mass is 260 g/mol. The molecule has 0 aliphatic carbocycles. The van der Waals surface area contributed by atoms with Gasteiger partial charge in [-0.05, 0) is 36.5 Å². The van der Waals surface area contributed by atoms with E-state index in [1.54, 1.807) is 0 Å². The van der Waals surface area contributed by atoms with E-state index in [1.165, 1.54) is 23.2 Å². The third-order valence-corrected chi connectivity index (χ3v) is 3.74. The molecule has 1 aromatic rings. The number of unbranched alkanes of at least 4 members (excludes halogenated alkanes) is 1. The second-order valence-electron chi connectivity index (χ2n) is 5.37. The summed E-state index contributed by atoms with van der Waals surface area (Å²) < 4.78 is 0. The molecule has 3 nitrogen and oxygen atoms in total. The molecule has 0 aromatic heterocycles. The molecule has 1 heterocycles. The summed E-state index contributed by atoms with van der Waals surface area (Å²) in [6.45, 7) is 3.90. The first-order valence-corrected chi connectivity index (χ1v) is 7.30. The standard InChI is InChI=1S/C16H24N2O/c1-3-4-7-16(19)17-12-13-8-9-15-14(11-13)6-5-10-18(15)2/h8-9,11H,3-7,10,12H2,1-2H3,(H,17,19). The van der Waals surface area contributed by atoms with Crippen molar-refractivity contribution in [2.24, 2.45) is 0 Å². The number of fused-ring (bicyclic) bond motifs is 1. The first kappa shape index (κ1) is 13.9. The Balaban J connectivity index is 1.93. The van der Waals surface area contributed by atoms with Crippen LogP contribution in [0.15, 0.2) is 18.2 Å². The molecule has 0 spiro atoms. The Labute approximate surface area is 116 Å². The van der Waals surface area contributed by atoms with E-state index in [9.17, 15) is 4.79 Å². The maximum absolute atomic E-state index is 11.6. The number of anilines is 1. The second kappa shape index (κ2) is 6.60. The molecular formula is C16H24N2O. The molecular weight excluding hydrogens is 236 g/mol. The fourth-order valence-corrected chi connectivity index (χ4v) is 2.57. The number of carbonyl (C=O) groups excluding carboxylic acids is 1. The van der Waals surface area contributed by atoms with Crippen LogP contribution >= 0.6 is 0 Å². The fraction of sp³-hybridized carbons (Fsp3) is 0.562. The number of rotatable bonds is 5. The van der Waals surface area contributed by atoms with Crippen molar-refractivity contribution in [3.8, 4) is 0 Å². The lowest BCUT2D eigenvalue weighted by Crippen LogP contribution is -2.25.